The van der Waals surface area contributed by atoms with E-state index in [1.807, 2.05) is 6.92 Å². The van der Waals surface area contributed by atoms with Crippen molar-refractivity contribution in [3.63, 3.8) is 0 Å². The van der Waals surface area contributed by atoms with Gasteiger partial charge >= 0.3 is 0 Å². The molecule has 0 unspecified atom stereocenters. The molecule has 1 saturated heterocycles. The minimum atomic E-state index is 0.184. The Kier molecular flexibility index (Phi) is 5.49. The molecular formula is C19H26N2O2. The number of aliphatic hydroxyl groups excluding tert-OH is 1. The van der Waals surface area contributed by atoms with Crippen LogP contribution in [0.2, 0.25) is 0 Å². The largest absolute Gasteiger partial charge is 0.494 e. The van der Waals surface area contributed by atoms with E-state index in [0.29, 0.717) is 6.61 Å². The first-order valence-corrected chi connectivity index (χ1v) is 8.55. The maximum atomic E-state index is 9.64. The van der Waals surface area contributed by atoms with Crippen LogP contribution >= 0.6 is 0 Å². The summed E-state index contributed by atoms with van der Waals surface area (Å²) >= 11 is 0. The number of rotatable bonds is 6. The minimum Gasteiger partial charge on any atom is -0.494 e. The van der Waals surface area contributed by atoms with Gasteiger partial charge in [-0.25, -0.2) is 0 Å². The number of benzene rings is 2. The Labute approximate surface area is 138 Å². The summed E-state index contributed by atoms with van der Waals surface area (Å²) in [6, 6.07) is 12.8. The molecule has 3 rings (SSSR count). The molecule has 0 radical (unpaired) electrons. The Morgan fingerprint density at radius 2 is 1.96 bits per heavy atom. The second-order valence-corrected chi connectivity index (χ2v) is 5.95. The highest BCUT2D eigenvalue weighted by Gasteiger charge is 2.26. The molecule has 4 heteroatoms. The average Bonchev–Trinajstić information content (AvgIpc) is 2.61. The van der Waals surface area contributed by atoms with Gasteiger partial charge in [-0.05, 0) is 30.2 Å². The van der Waals surface area contributed by atoms with Crippen LogP contribution in [0, 0.1) is 0 Å². The average molecular weight is 314 g/mol. The third-order valence-corrected chi connectivity index (χ3v) is 4.56. The molecule has 2 aromatic rings. The quantitative estimate of drug-likeness (QED) is 0.860. The summed E-state index contributed by atoms with van der Waals surface area (Å²) in [4.78, 5) is 2.47. The predicted molar refractivity (Wildman–Crippen MR) is 94.0 cm³/mol. The number of nitrogens with one attached hydrogen (secondary N) is 1. The second-order valence-electron chi connectivity index (χ2n) is 5.95. The lowest BCUT2D eigenvalue weighted by Gasteiger charge is -2.36. The van der Waals surface area contributed by atoms with Crippen molar-refractivity contribution in [3.8, 4) is 5.75 Å². The standard InChI is InChI=1S/C19H26N2O2/c1-2-23-18-8-7-15-5-3-4-6-16(15)19(18)17(9-14-22)21-12-10-20-11-13-21/h3-8,17,20,22H,2,9-14H2,1H3/t17-/m0/s1. The number of hydrogen-bond donors (Lipinski definition) is 2. The molecule has 0 aromatic heterocycles. The highest BCUT2D eigenvalue weighted by Crippen LogP contribution is 2.38. The van der Waals surface area contributed by atoms with Crippen LogP contribution in [0.1, 0.15) is 24.9 Å². The van der Waals surface area contributed by atoms with Crippen LogP contribution in [-0.2, 0) is 0 Å². The van der Waals surface area contributed by atoms with Crippen molar-refractivity contribution in [1.82, 2.24) is 10.2 Å². The van der Waals surface area contributed by atoms with Crippen LogP contribution in [0.15, 0.2) is 36.4 Å². The van der Waals surface area contributed by atoms with Crippen molar-refractivity contribution in [1.29, 1.82) is 0 Å². The second kappa shape index (κ2) is 7.77. The van der Waals surface area contributed by atoms with Gasteiger partial charge in [0.05, 0.1) is 6.61 Å². The van der Waals surface area contributed by atoms with Crippen molar-refractivity contribution >= 4 is 10.8 Å². The van der Waals surface area contributed by atoms with E-state index in [1.54, 1.807) is 0 Å². The van der Waals surface area contributed by atoms with Gasteiger partial charge in [0.25, 0.3) is 0 Å². The predicted octanol–water partition coefficient (Wildman–Crippen LogP) is 2.57. The molecule has 2 aromatic carbocycles. The van der Waals surface area contributed by atoms with E-state index in [2.05, 4.69) is 46.6 Å². The fourth-order valence-corrected chi connectivity index (χ4v) is 3.53. The Morgan fingerprint density at radius 3 is 2.70 bits per heavy atom. The van der Waals surface area contributed by atoms with E-state index < -0.39 is 0 Å². The molecule has 0 saturated carbocycles. The van der Waals surface area contributed by atoms with Crippen molar-refractivity contribution in [3.05, 3.63) is 42.0 Å². The summed E-state index contributed by atoms with van der Waals surface area (Å²) in [5, 5.41) is 15.5. The van der Waals surface area contributed by atoms with Crippen LogP contribution in [-0.4, -0.2) is 49.4 Å². The molecule has 1 fully saturated rings. The number of ether oxygens (including phenoxy) is 1. The molecule has 1 atom stereocenters. The number of nitrogens with zero attached hydrogens (tertiary/aromatic N) is 1. The summed E-state index contributed by atoms with van der Waals surface area (Å²) in [7, 11) is 0. The first-order chi connectivity index (χ1) is 11.3. The topological polar surface area (TPSA) is 44.7 Å². The summed E-state index contributed by atoms with van der Waals surface area (Å²) < 4.78 is 5.94. The smallest absolute Gasteiger partial charge is 0.124 e. The fraction of sp³-hybridized carbons (Fsp3) is 0.474. The zero-order valence-corrected chi connectivity index (χ0v) is 13.8. The lowest BCUT2D eigenvalue weighted by atomic mass is 9.94. The van der Waals surface area contributed by atoms with Crippen LogP contribution in [0.3, 0.4) is 0 Å². The Hall–Kier alpha value is -1.62. The molecule has 4 nitrogen and oxygen atoms in total. The fourth-order valence-electron chi connectivity index (χ4n) is 3.53. The van der Waals surface area contributed by atoms with Crippen LogP contribution in [0.4, 0.5) is 0 Å². The molecule has 0 bridgehead atoms. The third kappa shape index (κ3) is 3.50. The maximum Gasteiger partial charge on any atom is 0.124 e. The molecule has 1 aliphatic rings. The Balaban J connectivity index is 2.10. The minimum absolute atomic E-state index is 0.184. The normalized spacial score (nSPS) is 17.3. The van der Waals surface area contributed by atoms with E-state index in [1.165, 1.54) is 16.3 Å². The first-order valence-electron chi connectivity index (χ1n) is 8.55. The summed E-state index contributed by atoms with van der Waals surface area (Å²) in [6.07, 6.45) is 0.730. The number of piperazine rings is 1. The molecule has 1 heterocycles. The number of hydrogen-bond acceptors (Lipinski definition) is 4. The SMILES string of the molecule is CCOc1ccc2ccccc2c1[C@H](CCO)N1CCNCC1. The molecule has 0 amide bonds. The Morgan fingerprint density at radius 1 is 1.17 bits per heavy atom. The van der Waals surface area contributed by atoms with Gasteiger partial charge in [0, 0.05) is 44.4 Å². The van der Waals surface area contributed by atoms with Crippen molar-refractivity contribution < 1.29 is 9.84 Å². The zero-order chi connectivity index (χ0) is 16.1. The molecule has 23 heavy (non-hydrogen) atoms. The van der Waals surface area contributed by atoms with Gasteiger partial charge in [-0.15, -0.1) is 0 Å². The lowest BCUT2D eigenvalue weighted by molar-refractivity contribution is 0.139. The zero-order valence-electron chi connectivity index (χ0n) is 13.8. The van der Waals surface area contributed by atoms with Gasteiger partial charge < -0.3 is 15.2 Å². The highest BCUT2D eigenvalue weighted by atomic mass is 16.5. The van der Waals surface area contributed by atoms with E-state index in [-0.39, 0.29) is 12.6 Å². The van der Waals surface area contributed by atoms with Crippen molar-refractivity contribution in [2.45, 2.75) is 19.4 Å². The van der Waals surface area contributed by atoms with Gasteiger partial charge in [0.1, 0.15) is 5.75 Å². The lowest BCUT2D eigenvalue weighted by Crippen LogP contribution is -2.45. The molecular weight excluding hydrogens is 288 g/mol. The Bertz CT molecular complexity index is 638. The van der Waals surface area contributed by atoms with E-state index in [9.17, 15) is 5.11 Å². The number of fused-ring (bicyclic) bond motifs is 1. The van der Waals surface area contributed by atoms with Gasteiger partial charge in [-0.1, -0.05) is 30.3 Å². The van der Waals surface area contributed by atoms with Crippen molar-refractivity contribution in [2.24, 2.45) is 0 Å². The van der Waals surface area contributed by atoms with Gasteiger partial charge in [0.15, 0.2) is 0 Å². The summed E-state index contributed by atoms with van der Waals surface area (Å²) in [5.41, 5.74) is 1.22. The van der Waals surface area contributed by atoms with Crippen LogP contribution in [0.5, 0.6) is 5.75 Å². The molecule has 2 N–H and O–H groups in total. The van der Waals surface area contributed by atoms with Crippen LogP contribution < -0.4 is 10.1 Å². The van der Waals surface area contributed by atoms with E-state index in [4.69, 9.17) is 4.74 Å². The highest BCUT2D eigenvalue weighted by molar-refractivity contribution is 5.88. The van der Waals surface area contributed by atoms with E-state index in [0.717, 1.165) is 38.3 Å². The maximum absolute atomic E-state index is 9.64. The summed E-state index contributed by atoms with van der Waals surface area (Å²) in [6.45, 7) is 6.85. The van der Waals surface area contributed by atoms with E-state index >= 15 is 0 Å². The molecule has 0 spiro atoms. The summed E-state index contributed by atoms with van der Waals surface area (Å²) in [5.74, 6) is 0.947. The van der Waals surface area contributed by atoms with Gasteiger partial charge in [-0.2, -0.15) is 0 Å². The monoisotopic (exact) mass is 314 g/mol. The van der Waals surface area contributed by atoms with Crippen LogP contribution in [0.25, 0.3) is 10.8 Å². The van der Waals surface area contributed by atoms with Crippen molar-refractivity contribution in [2.75, 3.05) is 39.4 Å². The first kappa shape index (κ1) is 16.2. The molecule has 0 aliphatic carbocycles. The molecule has 124 valence electrons. The molecule has 1 aliphatic heterocycles. The van der Waals surface area contributed by atoms with Gasteiger partial charge in [0.2, 0.25) is 0 Å². The number of aliphatic hydroxyl groups is 1. The third-order valence-electron chi connectivity index (χ3n) is 4.56. The van der Waals surface area contributed by atoms with Gasteiger partial charge in [-0.3, -0.25) is 4.90 Å².